The summed E-state index contributed by atoms with van der Waals surface area (Å²) >= 11 is 1.85. The Hall–Kier alpha value is -0.480. The van der Waals surface area contributed by atoms with Gasteiger partial charge in [0.1, 0.15) is 0 Å². The minimum absolute atomic E-state index is 0.410. The molecule has 3 nitrogen and oxygen atoms in total. The van der Waals surface area contributed by atoms with Gasteiger partial charge in [0.25, 0.3) is 0 Å². The number of nitrogens with one attached hydrogen (secondary N) is 1. The minimum Gasteiger partial charge on any atom is -0.310 e. The number of aryl methyl sites for hydroxylation is 1. The molecule has 0 spiro atoms. The van der Waals surface area contributed by atoms with Crippen LogP contribution in [0.5, 0.6) is 0 Å². The van der Waals surface area contributed by atoms with Crippen molar-refractivity contribution in [3.8, 4) is 0 Å². The summed E-state index contributed by atoms with van der Waals surface area (Å²) in [7, 11) is 0. The third-order valence-corrected chi connectivity index (χ3v) is 2.97. The van der Waals surface area contributed by atoms with Gasteiger partial charge in [0.2, 0.25) is 0 Å². The van der Waals surface area contributed by atoms with Crippen molar-refractivity contribution < 1.29 is 0 Å². The molecule has 0 amide bonds. The molecule has 1 aromatic heterocycles. The molecule has 0 saturated heterocycles. The van der Waals surface area contributed by atoms with E-state index in [9.17, 15) is 0 Å². The van der Waals surface area contributed by atoms with E-state index in [2.05, 4.69) is 36.7 Å². The van der Waals surface area contributed by atoms with Crippen LogP contribution in [-0.2, 0) is 6.54 Å². The van der Waals surface area contributed by atoms with Gasteiger partial charge >= 0.3 is 0 Å². The Balaban J connectivity index is 2.43. The van der Waals surface area contributed by atoms with Crippen LogP contribution in [0.15, 0.2) is 12.4 Å². The van der Waals surface area contributed by atoms with E-state index in [0.29, 0.717) is 6.04 Å². The Kier molecular flexibility index (Phi) is 5.79. The fourth-order valence-electron chi connectivity index (χ4n) is 1.39. The molecule has 0 aliphatic carbocycles. The van der Waals surface area contributed by atoms with Crippen LogP contribution in [-0.4, -0.2) is 28.3 Å². The average Bonchev–Trinajstić information content (AvgIpc) is 2.71. The lowest BCUT2D eigenvalue weighted by Gasteiger charge is -2.10. The van der Waals surface area contributed by atoms with Crippen LogP contribution in [0.1, 0.15) is 31.9 Å². The maximum Gasteiger partial charge on any atom is 0.0537 e. The number of hydrogen-bond donors (Lipinski definition) is 1. The van der Waals surface area contributed by atoms with Gasteiger partial charge in [0.05, 0.1) is 6.20 Å². The number of nitrogens with zero attached hydrogens (tertiary/aromatic N) is 2. The standard InChI is InChI=1S/C11H21N3S/c1-4-5-12-10(2)11-8-13-14(9-11)6-7-15-3/h8-10,12H,4-7H2,1-3H3. The van der Waals surface area contributed by atoms with E-state index in [1.54, 1.807) is 0 Å². The summed E-state index contributed by atoms with van der Waals surface area (Å²) in [5.74, 6) is 1.12. The molecule has 0 fully saturated rings. The molecule has 1 heterocycles. The van der Waals surface area contributed by atoms with Gasteiger partial charge in [-0.05, 0) is 26.1 Å². The molecule has 1 aromatic rings. The first-order valence-corrected chi connectivity index (χ1v) is 6.92. The molecule has 1 N–H and O–H groups in total. The number of thioether (sulfide) groups is 1. The summed E-state index contributed by atoms with van der Waals surface area (Å²) in [6.07, 6.45) is 7.40. The largest absolute Gasteiger partial charge is 0.310 e. The molecule has 1 atom stereocenters. The zero-order valence-corrected chi connectivity index (χ0v) is 10.7. The van der Waals surface area contributed by atoms with Gasteiger partial charge in [-0.15, -0.1) is 0 Å². The summed E-state index contributed by atoms with van der Waals surface area (Å²) in [6, 6.07) is 0.410. The van der Waals surface area contributed by atoms with E-state index in [-0.39, 0.29) is 0 Å². The first-order valence-electron chi connectivity index (χ1n) is 5.52. The van der Waals surface area contributed by atoms with Crippen LogP contribution < -0.4 is 5.32 Å². The highest BCUT2D eigenvalue weighted by atomic mass is 32.2. The van der Waals surface area contributed by atoms with Crippen molar-refractivity contribution in [1.29, 1.82) is 0 Å². The molecule has 0 aliphatic heterocycles. The van der Waals surface area contributed by atoms with Crippen LogP contribution in [0.4, 0.5) is 0 Å². The lowest BCUT2D eigenvalue weighted by Crippen LogP contribution is -2.18. The first kappa shape index (κ1) is 12.6. The van der Waals surface area contributed by atoms with Crippen LogP contribution in [0, 0.1) is 0 Å². The third kappa shape index (κ3) is 4.26. The topological polar surface area (TPSA) is 29.9 Å². The average molecular weight is 227 g/mol. The van der Waals surface area contributed by atoms with Gasteiger partial charge in [-0.3, -0.25) is 4.68 Å². The van der Waals surface area contributed by atoms with Crippen molar-refractivity contribution in [2.45, 2.75) is 32.9 Å². The van der Waals surface area contributed by atoms with Gasteiger partial charge in [-0.1, -0.05) is 6.92 Å². The lowest BCUT2D eigenvalue weighted by atomic mass is 10.2. The van der Waals surface area contributed by atoms with Gasteiger partial charge < -0.3 is 5.32 Å². The molecule has 0 aromatic carbocycles. The molecular weight excluding hydrogens is 206 g/mol. The van der Waals surface area contributed by atoms with E-state index >= 15 is 0 Å². The smallest absolute Gasteiger partial charge is 0.0537 e. The zero-order valence-electron chi connectivity index (χ0n) is 9.86. The number of hydrogen-bond acceptors (Lipinski definition) is 3. The van der Waals surface area contributed by atoms with Crippen molar-refractivity contribution >= 4 is 11.8 Å². The predicted octanol–water partition coefficient (Wildman–Crippen LogP) is 2.31. The van der Waals surface area contributed by atoms with Crippen LogP contribution >= 0.6 is 11.8 Å². The number of rotatable bonds is 7. The van der Waals surface area contributed by atoms with Crippen LogP contribution in [0.2, 0.25) is 0 Å². The zero-order chi connectivity index (χ0) is 11.1. The van der Waals surface area contributed by atoms with Crippen molar-refractivity contribution in [2.75, 3.05) is 18.6 Å². The van der Waals surface area contributed by atoms with Crippen LogP contribution in [0.25, 0.3) is 0 Å². The highest BCUT2D eigenvalue weighted by Gasteiger charge is 2.06. The first-order chi connectivity index (χ1) is 7.27. The number of aromatic nitrogens is 2. The Morgan fingerprint density at radius 2 is 2.40 bits per heavy atom. The third-order valence-electron chi connectivity index (χ3n) is 2.38. The van der Waals surface area contributed by atoms with Gasteiger partial charge in [0, 0.05) is 30.1 Å². The summed E-state index contributed by atoms with van der Waals surface area (Å²) in [5.41, 5.74) is 1.28. The molecule has 4 heteroatoms. The molecular formula is C11H21N3S. The fraction of sp³-hybridized carbons (Fsp3) is 0.727. The summed E-state index contributed by atoms with van der Waals surface area (Å²) in [5, 5.41) is 7.81. The monoisotopic (exact) mass is 227 g/mol. The van der Waals surface area contributed by atoms with Crippen molar-refractivity contribution in [3.05, 3.63) is 18.0 Å². The van der Waals surface area contributed by atoms with Gasteiger partial charge in [0.15, 0.2) is 0 Å². The maximum atomic E-state index is 4.35. The van der Waals surface area contributed by atoms with E-state index in [4.69, 9.17) is 0 Å². The Labute approximate surface area is 96.6 Å². The Morgan fingerprint density at radius 3 is 3.07 bits per heavy atom. The second-order valence-electron chi connectivity index (χ2n) is 3.71. The normalized spacial score (nSPS) is 13.0. The highest BCUT2D eigenvalue weighted by molar-refractivity contribution is 7.98. The molecule has 86 valence electrons. The van der Waals surface area contributed by atoms with E-state index < -0.39 is 0 Å². The predicted molar refractivity (Wildman–Crippen MR) is 67.3 cm³/mol. The SMILES string of the molecule is CCCNC(C)c1cnn(CCSC)c1. The Bertz CT molecular complexity index is 273. The molecule has 0 radical (unpaired) electrons. The molecule has 0 bridgehead atoms. The van der Waals surface area contributed by atoms with Crippen molar-refractivity contribution in [3.63, 3.8) is 0 Å². The second kappa shape index (κ2) is 6.90. The van der Waals surface area contributed by atoms with E-state index in [1.165, 1.54) is 12.0 Å². The lowest BCUT2D eigenvalue weighted by molar-refractivity contribution is 0.569. The molecule has 1 unspecified atom stereocenters. The van der Waals surface area contributed by atoms with Gasteiger partial charge in [-0.25, -0.2) is 0 Å². The maximum absolute atomic E-state index is 4.35. The summed E-state index contributed by atoms with van der Waals surface area (Å²) in [6.45, 7) is 6.44. The summed E-state index contributed by atoms with van der Waals surface area (Å²) in [4.78, 5) is 0. The van der Waals surface area contributed by atoms with Crippen LogP contribution in [0.3, 0.4) is 0 Å². The van der Waals surface area contributed by atoms with Gasteiger partial charge in [-0.2, -0.15) is 16.9 Å². The molecule has 1 rings (SSSR count). The minimum atomic E-state index is 0.410. The van der Waals surface area contributed by atoms with Crippen molar-refractivity contribution in [1.82, 2.24) is 15.1 Å². The van der Waals surface area contributed by atoms with E-state index in [0.717, 1.165) is 18.8 Å². The quantitative estimate of drug-likeness (QED) is 0.775. The molecule has 0 saturated carbocycles. The Morgan fingerprint density at radius 1 is 1.60 bits per heavy atom. The molecule has 0 aliphatic rings. The van der Waals surface area contributed by atoms with Crippen molar-refractivity contribution in [2.24, 2.45) is 0 Å². The molecule has 15 heavy (non-hydrogen) atoms. The fourth-order valence-corrected chi connectivity index (χ4v) is 1.76. The highest BCUT2D eigenvalue weighted by Crippen LogP contribution is 2.10. The summed E-state index contributed by atoms with van der Waals surface area (Å²) < 4.78 is 2.02. The second-order valence-corrected chi connectivity index (χ2v) is 4.69. The van der Waals surface area contributed by atoms with E-state index in [1.807, 2.05) is 22.6 Å².